The molecule has 0 unspecified atom stereocenters. The molecule has 0 fully saturated rings. The SMILES string of the molecule is CCCCC#Cc1c2ccccc2cc[n+]1N. The summed E-state index contributed by atoms with van der Waals surface area (Å²) >= 11 is 0. The van der Waals surface area contributed by atoms with Gasteiger partial charge in [-0.3, -0.25) is 0 Å². The lowest BCUT2D eigenvalue weighted by atomic mass is 10.1. The van der Waals surface area contributed by atoms with Crippen molar-refractivity contribution in [3.05, 3.63) is 42.2 Å². The quantitative estimate of drug-likeness (QED) is 0.361. The molecule has 0 saturated carbocycles. The summed E-state index contributed by atoms with van der Waals surface area (Å²) in [6.07, 6.45) is 5.10. The second-order valence-corrected chi connectivity index (χ2v) is 4.06. The second kappa shape index (κ2) is 5.36. The molecule has 1 aromatic heterocycles. The second-order valence-electron chi connectivity index (χ2n) is 4.06. The maximum atomic E-state index is 5.92. The Hall–Kier alpha value is -2.01. The van der Waals surface area contributed by atoms with Crippen LogP contribution in [-0.4, -0.2) is 0 Å². The van der Waals surface area contributed by atoms with Crippen LogP contribution in [0.4, 0.5) is 0 Å². The maximum absolute atomic E-state index is 5.92. The molecule has 0 spiro atoms. The third-order valence-electron chi connectivity index (χ3n) is 2.75. The summed E-state index contributed by atoms with van der Waals surface area (Å²) < 4.78 is 1.60. The van der Waals surface area contributed by atoms with Crippen molar-refractivity contribution in [3.8, 4) is 11.8 Å². The molecule has 0 aliphatic heterocycles. The van der Waals surface area contributed by atoms with Gasteiger partial charge in [-0.05, 0) is 17.9 Å². The number of aromatic nitrogens is 1. The monoisotopic (exact) mass is 225 g/mol. The van der Waals surface area contributed by atoms with Crippen LogP contribution in [0.1, 0.15) is 31.9 Å². The predicted molar refractivity (Wildman–Crippen MR) is 70.7 cm³/mol. The van der Waals surface area contributed by atoms with Gasteiger partial charge in [0.1, 0.15) is 0 Å². The lowest BCUT2D eigenvalue weighted by molar-refractivity contribution is -0.640. The fourth-order valence-corrected chi connectivity index (χ4v) is 1.78. The predicted octanol–water partition coefficient (Wildman–Crippen LogP) is 2.38. The molecule has 86 valence electrons. The van der Waals surface area contributed by atoms with Crippen LogP contribution in [0.5, 0.6) is 0 Å². The Kier molecular flexibility index (Phi) is 3.62. The van der Waals surface area contributed by atoms with E-state index in [2.05, 4.69) is 30.9 Å². The fraction of sp³-hybridized carbons (Fsp3) is 0.267. The highest BCUT2D eigenvalue weighted by atomic mass is 15.3. The first-order chi connectivity index (χ1) is 8.33. The zero-order valence-electron chi connectivity index (χ0n) is 10.1. The Balaban J connectivity index is 2.43. The first-order valence-corrected chi connectivity index (χ1v) is 6.00. The Labute approximate surface area is 102 Å². The van der Waals surface area contributed by atoms with Crippen LogP contribution in [-0.2, 0) is 0 Å². The molecule has 0 saturated heterocycles. The molecule has 0 amide bonds. The van der Waals surface area contributed by atoms with Crippen molar-refractivity contribution in [1.82, 2.24) is 0 Å². The van der Waals surface area contributed by atoms with Crippen LogP contribution in [0.3, 0.4) is 0 Å². The van der Waals surface area contributed by atoms with Crippen molar-refractivity contribution in [1.29, 1.82) is 0 Å². The van der Waals surface area contributed by atoms with Crippen molar-refractivity contribution >= 4 is 10.8 Å². The topological polar surface area (TPSA) is 29.9 Å². The average molecular weight is 225 g/mol. The molecule has 0 aliphatic carbocycles. The summed E-state index contributed by atoms with van der Waals surface area (Å²) in [7, 11) is 0. The highest BCUT2D eigenvalue weighted by molar-refractivity contribution is 5.85. The van der Waals surface area contributed by atoms with Crippen LogP contribution < -0.4 is 10.5 Å². The Bertz CT molecular complexity index is 576. The van der Waals surface area contributed by atoms with Gasteiger partial charge in [0.05, 0.1) is 5.39 Å². The largest absolute Gasteiger partial charge is 0.293 e. The zero-order chi connectivity index (χ0) is 12.1. The summed E-state index contributed by atoms with van der Waals surface area (Å²) in [5.41, 5.74) is 0.888. The highest BCUT2D eigenvalue weighted by Crippen LogP contribution is 2.13. The molecule has 0 atom stereocenters. The van der Waals surface area contributed by atoms with E-state index in [4.69, 9.17) is 5.84 Å². The first-order valence-electron chi connectivity index (χ1n) is 6.00. The van der Waals surface area contributed by atoms with Crippen LogP contribution in [0.15, 0.2) is 36.5 Å². The van der Waals surface area contributed by atoms with Gasteiger partial charge >= 0.3 is 0 Å². The van der Waals surface area contributed by atoms with Gasteiger partial charge in [-0.15, -0.1) is 0 Å². The molecule has 0 bridgehead atoms. The van der Waals surface area contributed by atoms with E-state index < -0.39 is 0 Å². The van der Waals surface area contributed by atoms with E-state index >= 15 is 0 Å². The normalized spacial score (nSPS) is 9.94. The molecule has 2 heteroatoms. The average Bonchev–Trinajstić information content (AvgIpc) is 2.37. The van der Waals surface area contributed by atoms with Crippen molar-refractivity contribution in [3.63, 3.8) is 0 Å². The lowest BCUT2D eigenvalue weighted by Gasteiger charge is -1.97. The van der Waals surface area contributed by atoms with E-state index in [-0.39, 0.29) is 0 Å². The summed E-state index contributed by atoms with van der Waals surface area (Å²) in [5, 5.41) is 2.29. The number of nitrogen functional groups attached to an aromatic ring is 1. The van der Waals surface area contributed by atoms with E-state index in [1.54, 1.807) is 4.68 Å². The van der Waals surface area contributed by atoms with Crippen molar-refractivity contribution in [2.45, 2.75) is 26.2 Å². The lowest BCUT2D eigenvalue weighted by Crippen LogP contribution is -2.47. The number of fused-ring (bicyclic) bond motifs is 1. The van der Waals surface area contributed by atoms with Gasteiger partial charge in [-0.1, -0.05) is 42.1 Å². The third kappa shape index (κ3) is 2.57. The molecule has 2 nitrogen and oxygen atoms in total. The van der Waals surface area contributed by atoms with Gasteiger partial charge in [0, 0.05) is 18.4 Å². The first kappa shape index (κ1) is 11.5. The molecule has 2 rings (SSSR count). The number of hydrogen-bond donors (Lipinski definition) is 1. The number of unbranched alkanes of at least 4 members (excludes halogenated alkanes) is 2. The number of pyridine rings is 1. The van der Waals surface area contributed by atoms with Gasteiger partial charge in [0.2, 0.25) is 6.20 Å². The van der Waals surface area contributed by atoms with E-state index in [1.165, 1.54) is 11.8 Å². The molecule has 1 aromatic carbocycles. The zero-order valence-corrected chi connectivity index (χ0v) is 10.1. The molecule has 0 radical (unpaired) electrons. The number of benzene rings is 1. The van der Waals surface area contributed by atoms with Gasteiger partial charge < -0.3 is 0 Å². The minimum atomic E-state index is 0.888. The molecular formula is C15H17N2+. The molecule has 1 heterocycles. The Morgan fingerprint density at radius 1 is 1.24 bits per heavy atom. The van der Waals surface area contributed by atoms with Gasteiger partial charge in [0.15, 0.2) is 0 Å². The summed E-state index contributed by atoms with van der Waals surface area (Å²) in [4.78, 5) is 0. The maximum Gasteiger partial charge on any atom is 0.293 e. The highest BCUT2D eigenvalue weighted by Gasteiger charge is 2.09. The minimum Gasteiger partial charge on any atom is -0.204 e. The van der Waals surface area contributed by atoms with Gasteiger partial charge in [-0.2, -0.15) is 0 Å². The summed E-state index contributed by atoms with van der Waals surface area (Å²) in [6.45, 7) is 2.17. The van der Waals surface area contributed by atoms with Crippen LogP contribution in [0.2, 0.25) is 0 Å². The number of nitrogens with two attached hydrogens (primary N) is 1. The van der Waals surface area contributed by atoms with Crippen molar-refractivity contribution < 1.29 is 4.68 Å². The van der Waals surface area contributed by atoms with E-state index in [9.17, 15) is 0 Å². The summed E-state index contributed by atoms with van der Waals surface area (Å²) in [5.74, 6) is 12.3. The molecular weight excluding hydrogens is 208 g/mol. The van der Waals surface area contributed by atoms with Gasteiger partial charge in [0.25, 0.3) is 5.69 Å². The van der Waals surface area contributed by atoms with Crippen molar-refractivity contribution in [2.75, 3.05) is 5.84 Å². The number of hydrogen-bond acceptors (Lipinski definition) is 1. The summed E-state index contributed by atoms with van der Waals surface area (Å²) in [6, 6.07) is 10.2. The van der Waals surface area contributed by atoms with E-state index in [1.807, 2.05) is 24.4 Å². The smallest absolute Gasteiger partial charge is 0.204 e. The molecule has 0 aliphatic rings. The molecule has 17 heavy (non-hydrogen) atoms. The molecule has 2 aromatic rings. The fourth-order valence-electron chi connectivity index (χ4n) is 1.78. The van der Waals surface area contributed by atoms with Crippen molar-refractivity contribution in [2.24, 2.45) is 0 Å². The van der Waals surface area contributed by atoms with Gasteiger partial charge in [-0.25, -0.2) is 5.84 Å². The van der Waals surface area contributed by atoms with E-state index in [0.717, 1.165) is 23.9 Å². The van der Waals surface area contributed by atoms with Crippen LogP contribution in [0, 0.1) is 11.8 Å². The van der Waals surface area contributed by atoms with Crippen LogP contribution in [0.25, 0.3) is 10.8 Å². The Morgan fingerprint density at radius 2 is 2.06 bits per heavy atom. The minimum absolute atomic E-state index is 0.888. The number of nitrogens with zero attached hydrogens (tertiary/aromatic N) is 1. The standard InChI is InChI=1S/C15H17N2/c1-2-3-4-5-10-15-14-9-7-6-8-13(14)11-12-17(15)16/h6-9,11-12H,2-4,16H2,1H3/q+1. The third-order valence-corrected chi connectivity index (χ3v) is 2.75. The number of rotatable bonds is 2. The van der Waals surface area contributed by atoms with Crippen LogP contribution >= 0.6 is 0 Å². The Morgan fingerprint density at radius 3 is 2.88 bits per heavy atom. The van der Waals surface area contributed by atoms with E-state index in [0.29, 0.717) is 0 Å². The molecule has 2 N–H and O–H groups in total.